The van der Waals surface area contributed by atoms with Gasteiger partial charge in [0.1, 0.15) is 5.82 Å². The van der Waals surface area contributed by atoms with Crippen LogP contribution in [0.2, 0.25) is 0 Å². The number of rotatable bonds is 3. The molecule has 0 amide bonds. The molecular formula is C13H14IN3. The average molecular weight is 339 g/mol. The van der Waals surface area contributed by atoms with Crippen LogP contribution < -0.4 is 5.73 Å². The molecule has 0 bridgehead atoms. The highest BCUT2D eigenvalue weighted by atomic mass is 127. The van der Waals surface area contributed by atoms with Crippen molar-refractivity contribution in [2.45, 2.75) is 19.8 Å². The van der Waals surface area contributed by atoms with Gasteiger partial charge in [-0.1, -0.05) is 25.5 Å². The van der Waals surface area contributed by atoms with Crippen LogP contribution in [0.5, 0.6) is 0 Å². The zero-order valence-electron chi connectivity index (χ0n) is 9.65. The molecule has 0 saturated heterocycles. The fourth-order valence-corrected chi connectivity index (χ4v) is 1.99. The van der Waals surface area contributed by atoms with Gasteiger partial charge in [0.25, 0.3) is 0 Å². The number of halogens is 1. The summed E-state index contributed by atoms with van der Waals surface area (Å²) in [6.45, 7) is 2.13. The van der Waals surface area contributed by atoms with Crippen LogP contribution in [0, 0.1) is 3.57 Å². The maximum absolute atomic E-state index is 5.80. The summed E-state index contributed by atoms with van der Waals surface area (Å²) in [6, 6.07) is 9.97. The molecule has 1 aromatic heterocycles. The summed E-state index contributed by atoms with van der Waals surface area (Å²) in [4.78, 5) is 8.81. The van der Waals surface area contributed by atoms with Crippen LogP contribution in [0.4, 0.5) is 5.82 Å². The molecule has 0 fully saturated rings. The fourth-order valence-electron chi connectivity index (χ4n) is 1.63. The second-order valence-corrected chi connectivity index (χ2v) is 5.11. The second-order valence-electron chi connectivity index (χ2n) is 3.86. The van der Waals surface area contributed by atoms with Crippen molar-refractivity contribution in [1.82, 2.24) is 9.97 Å². The van der Waals surface area contributed by atoms with Gasteiger partial charge < -0.3 is 5.73 Å². The van der Waals surface area contributed by atoms with Gasteiger partial charge in [-0.25, -0.2) is 9.97 Å². The zero-order valence-corrected chi connectivity index (χ0v) is 11.8. The van der Waals surface area contributed by atoms with Gasteiger partial charge in [-0.2, -0.15) is 0 Å². The van der Waals surface area contributed by atoms with Crippen LogP contribution in [-0.4, -0.2) is 9.97 Å². The highest BCUT2D eigenvalue weighted by Gasteiger charge is 2.04. The lowest BCUT2D eigenvalue weighted by Gasteiger charge is -2.05. The van der Waals surface area contributed by atoms with Crippen molar-refractivity contribution in [3.05, 3.63) is 39.6 Å². The molecule has 88 valence electrons. The average Bonchev–Trinajstić information content (AvgIpc) is 2.29. The van der Waals surface area contributed by atoms with Gasteiger partial charge in [0.05, 0.1) is 0 Å². The molecule has 4 heteroatoms. The van der Waals surface area contributed by atoms with Gasteiger partial charge in [0.15, 0.2) is 5.82 Å². The number of nitrogen functional groups attached to an aromatic ring is 1. The first kappa shape index (κ1) is 12.3. The molecule has 0 atom stereocenters. The van der Waals surface area contributed by atoms with Crippen LogP contribution in [0.3, 0.4) is 0 Å². The molecule has 0 saturated carbocycles. The normalized spacial score (nSPS) is 10.5. The summed E-state index contributed by atoms with van der Waals surface area (Å²) >= 11 is 2.28. The lowest BCUT2D eigenvalue weighted by molar-refractivity contribution is 0.877. The largest absolute Gasteiger partial charge is 0.384 e. The van der Waals surface area contributed by atoms with E-state index < -0.39 is 0 Å². The van der Waals surface area contributed by atoms with Crippen molar-refractivity contribution in [3.63, 3.8) is 0 Å². The highest BCUT2D eigenvalue weighted by Crippen LogP contribution is 2.18. The zero-order chi connectivity index (χ0) is 12.3. The Bertz CT molecular complexity index is 509. The monoisotopic (exact) mass is 339 g/mol. The maximum atomic E-state index is 5.80. The lowest BCUT2D eigenvalue weighted by Crippen LogP contribution is -2.00. The predicted molar refractivity (Wildman–Crippen MR) is 78.6 cm³/mol. The molecule has 0 aliphatic carbocycles. The number of hydrogen-bond donors (Lipinski definition) is 1. The molecule has 2 aromatic rings. The molecule has 1 aromatic carbocycles. The first-order chi connectivity index (χ1) is 8.19. The standard InChI is InChI=1S/C13H14IN3/c1-2-3-11-8-12(15)17-13(16-11)9-4-6-10(14)7-5-9/h4-8H,2-3H2,1H3,(H2,15,16,17). The maximum Gasteiger partial charge on any atom is 0.161 e. The van der Waals surface area contributed by atoms with E-state index in [1.54, 1.807) is 0 Å². The highest BCUT2D eigenvalue weighted by molar-refractivity contribution is 14.1. The van der Waals surface area contributed by atoms with E-state index in [1.807, 2.05) is 30.3 Å². The Labute approximate surface area is 115 Å². The summed E-state index contributed by atoms with van der Waals surface area (Å²) in [5.74, 6) is 1.25. The van der Waals surface area contributed by atoms with Gasteiger partial charge in [0.2, 0.25) is 0 Å². The molecular weight excluding hydrogens is 325 g/mol. The summed E-state index contributed by atoms with van der Waals surface area (Å²) in [5, 5.41) is 0. The number of nitrogens with zero attached hydrogens (tertiary/aromatic N) is 2. The first-order valence-electron chi connectivity index (χ1n) is 5.58. The lowest BCUT2D eigenvalue weighted by atomic mass is 10.2. The Morgan fingerprint density at radius 2 is 1.88 bits per heavy atom. The van der Waals surface area contributed by atoms with Crippen LogP contribution in [0.1, 0.15) is 19.0 Å². The van der Waals surface area contributed by atoms with Crippen LogP contribution in [0.25, 0.3) is 11.4 Å². The molecule has 1 heterocycles. The minimum atomic E-state index is 0.539. The number of aryl methyl sites for hydroxylation is 1. The van der Waals surface area contributed by atoms with Crippen molar-refractivity contribution in [2.75, 3.05) is 5.73 Å². The van der Waals surface area contributed by atoms with E-state index in [0.29, 0.717) is 11.6 Å². The molecule has 17 heavy (non-hydrogen) atoms. The van der Waals surface area contributed by atoms with E-state index in [9.17, 15) is 0 Å². The Kier molecular flexibility index (Phi) is 3.93. The molecule has 0 spiro atoms. The van der Waals surface area contributed by atoms with Crippen LogP contribution >= 0.6 is 22.6 Å². The van der Waals surface area contributed by atoms with Crippen molar-refractivity contribution in [3.8, 4) is 11.4 Å². The van der Waals surface area contributed by atoms with E-state index in [0.717, 1.165) is 24.1 Å². The van der Waals surface area contributed by atoms with Gasteiger partial charge in [-0.3, -0.25) is 0 Å². The van der Waals surface area contributed by atoms with Crippen molar-refractivity contribution < 1.29 is 0 Å². The summed E-state index contributed by atoms with van der Waals surface area (Å²) < 4.78 is 1.20. The molecule has 0 radical (unpaired) electrons. The topological polar surface area (TPSA) is 51.8 Å². The SMILES string of the molecule is CCCc1cc(N)nc(-c2ccc(I)cc2)n1. The number of anilines is 1. The van der Waals surface area contributed by atoms with E-state index in [2.05, 4.69) is 39.5 Å². The molecule has 0 aliphatic heterocycles. The number of nitrogens with two attached hydrogens (primary N) is 1. The second kappa shape index (κ2) is 5.44. The first-order valence-corrected chi connectivity index (χ1v) is 6.66. The predicted octanol–water partition coefficient (Wildman–Crippen LogP) is 3.28. The Balaban J connectivity index is 2.40. The van der Waals surface area contributed by atoms with E-state index in [-0.39, 0.29) is 0 Å². The minimum Gasteiger partial charge on any atom is -0.384 e. The van der Waals surface area contributed by atoms with Crippen molar-refractivity contribution in [1.29, 1.82) is 0 Å². The van der Waals surface area contributed by atoms with Crippen molar-refractivity contribution >= 4 is 28.4 Å². The third kappa shape index (κ3) is 3.15. The number of benzene rings is 1. The number of aromatic nitrogens is 2. The van der Waals surface area contributed by atoms with E-state index >= 15 is 0 Å². The van der Waals surface area contributed by atoms with E-state index in [1.165, 1.54) is 3.57 Å². The minimum absolute atomic E-state index is 0.539. The Morgan fingerprint density at radius 1 is 1.18 bits per heavy atom. The van der Waals surface area contributed by atoms with Crippen LogP contribution in [0.15, 0.2) is 30.3 Å². The van der Waals surface area contributed by atoms with Gasteiger partial charge >= 0.3 is 0 Å². The number of hydrogen-bond acceptors (Lipinski definition) is 3. The summed E-state index contributed by atoms with van der Waals surface area (Å²) in [5.41, 5.74) is 7.82. The summed E-state index contributed by atoms with van der Waals surface area (Å²) in [7, 11) is 0. The Morgan fingerprint density at radius 3 is 2.53 bits per heavy atom. The van der Waals surface area contributed by atoms with Gasteiger partial charge in [-0.05, 0) is 41.1 Å². The molecule has 0 aliphatic rings. The fraction of sp³-hybridized carbons (Fsp3) is 0.231. The van der Waals surface area contributed by atoms with Gasteiger partial charge in [0, 0.05) is 20.9 Å². The molecule has 2 rings (SSSR count). The molecule has 2 N–H and O–H groups in total. The molecule has 3 nitrogen and oxygen atoms in total. The third-order valence-corrected chi connectivity index (χ3v) is 3.13. The summed E-state index contributed by atoms with van der Waals surface area (Å²) in [6.07, 6.45) is 1.99. The smallest absolute Gasteiger partial charge is 0.161 e. The van der Waals surface area contributed by atoms with Crippen molar-refractivity contribution in [2.24, 2.45) is 0 Å². The third-order valence-electron chi connectivity index (χ3n) is 2.41. The van der Waals surface area contributed by atoms with E-state index in [4.69, 9.17) is 5.73 Å². The molecule has 0 unspecified atom stereocenters. The van der Waals surface area contributed by atoms with Gasteiger partial charge in [-0.15, -0.1) is 0 Å². The quantitative estimate of drug-likeness (QED) is 0.873. The van der Waals surface area contributed by atoms with Crippen LogP contribution in [-0.2, 0) is 6.42 Å². The Hall–Kier alpha value is -1.17.